The summed E-state index contributed by atoms with van der Waals surface area (Å²) in [6, 6.07) is 23.0. The van der Waals surface area contributed by atoms with Gasteiger partial charge in [0.25, 0.3) is 5.91 Å². The minimum absolute atomic E-state index is 0.132. The molecule has 1 amide bonds. The first-order valence-electron chi connectivity index (χ1n) is 12.5. The summed E-state index contributed by atoms with van der Waals surface area (Å²) in [5.74, 6) is -0.972. The van der Waals surface area contributed by atoms with Crippen LogP contribution in [-0.4, -0.2) is 36.8 Å². The molecule has 5 aromatic rings. The molecule has 1 atom stereocenters. The topological polar surface area (TPSA) is 106 Å². The number of sulfonamides is 1. The summed E-state index contributed by atoms with van der Waals surface area (Å²) in [5.41, 5.74) is 4.05. The Kier molecular flexibility index (Phi) is 7.40. The maximum Gasteiger partial charge on any atom is 0.265 e. The number of ether oxygens (including phenoxy) is 1. The van der Waals surface area contributed by atoms with Gasteiger partial charge in [0.15, 0.2) is 0 Å². The predicted molar refractivity (Wildman–Crippen MR) is 156 cm³/mol. The first-order chi connectivity index (χ1) is 18.7. The zero-order valence-corrected chi connectivity index (χ0v) is 23.4. The van der Waals surface area contributed by atoms with Gasteiger partial charge in [-0.1, -0.05) is 54.6 Å². The van der Waals surface area contributed by atoms with Crippen LogP contribution in [0.3, 0.4) is 0 Å². The quantitative estimate of drug-likeness (QED) is 0.244. The van der Waals surface area contributed by atoms with Gasteiger partial charge in [-0.15, -0.1) is 11.3 Å². The van der Waals surface area contributed by atoms with Crippen molar-refractivity contribution in [1.82, 2.24) is 9.71 Å². The van der Waals surface area contributed by atoms with Gasteiger partial charge in [-0.2, -0.15) is 0 Å². The van der Waals surface area contributed by atoms with Crippen LogP contribution in [0.25, 0.3) is 31.6 Å². The maximum absolute atomic E-state index is 13.6. The van der Waals surface area contributed by atoms with Crippen molar-refractivity contribution in [3.8, 4) is 16.3 Å². The molecular formula is C30H28N2O5S2. The number of aliphatic hydroxyl groups excluding tert-OH is 1. The van der Waals surface area contributed by atoms with Gasteiger partial charge in [-0.3, -0.25) is 4.79 Å². The highest BCUT2D eigenvalue weighted by Crippen LogP contribution is 2.41. The summed E-state index contributed by atoms with van der Waals surface area (Å²) < 4.78 is 34.5. The summed E-state index contributed by atoms with van der Waals surface area (Å²) >= 11 is 1.57. The predicted octanol–water partition coefficient (Wildman–Crippen LogP) is 5.93. The second kappa shape index (κ2) is 10.8. The van der Waals surface area contributed by atoms with E-state index in [2.05, 4.69) is 4.72 Å². The molecule has 0 aliphatic heterocycles. The average molecular weight is 561 g/mol. The second-order valence-electron chi connectivity index (χ2n) is 9.36. The van der Waals surface area contributed by atoms with Crippen molar-refractivity contribution >= 4 is 48.3 Å². The number of amides is 1. The van der Waals surface area contributed by atoms with Gasteiger partial charge in [0.05, 0.1) is 39.4 Å². The summed E-state index contributed by atoms with van der Waals surface area (Å²) in [7, 11) is -4.05. The number of carbonyl (C=O) groups excluding carboxylic acids is 1. The fourth-order valence-electron chi connectivity index (χ4n) is 4.61. The third kappa shape index (κ3) is 5.38. The van der Waals surface area contributed by atoms with Crippen molar-refractivity contribution in [2.24, 2.45) is 0 Å². The normalized spacial score (nSPS) is 12.5. The molecule has 0 saturated carbocycles. The molecule has 7 nitrogen and oxygen atoms in total. The minimum atomic E-state index is -4.05. The number of hydrogen-bond donors (Lipinski definition) is 2. The molecule has 0 fully saturated rings. The van der Waals surface area contributed by atoms with Gasteiger partial charge in [0.1, 0.15) is 11.9 Å². The van der Waals surface area contributed by atoms with E-state index in [9.17, 15) is 18.3 Å². The lowest BCUT2D eigenvalue weighted by Crippen LogP contribution is -2.33. The molecule has 0 aliphatic carbocycles. The first kappa shape index (κ1) is 26.8. The Morgan fingerprint density at radius 3 is 2.49 bits per heavy atom. The van der Waals surface area contributed by atoms with E-state index in [4.69, 9.17) is 9.72 Å². The van der Waals surface area contributed by atoms with Crippen molar-refractivity contribution in [1.29, 1.82) is 0 Å². The second-order valence-corrected chi connectivity index (χ2v) is 12.3. The first-order valence-corrected chi connectivity index (χ1v) is 15.0. The van der Waals surface area contributed by atoms with E-state index in [0.717, 1.165) is 31.7 Å². The fraction of sp³-hybridized carbons (Fsp3) is 0.200. The van der Waals surface area contributed by atoms with Gasteiger partial charge in [-0.25, -0.2) is 18.1 Å². The van der Waals surface area contributed by atoms with Crippen LogP contribution in [0.5, 0.6) is 5.75 Å². The van der Waals surface area contributed by atoms with Crippen LogP contribution >= 0.6 is 11.3 Å². The smallest absolute Gasteiger partial charge is 0.265 e. The minimum Gasteiger partial charge on any atom is -0.485 e. The number of aromatic nitrogens is 1. The monoisotopic (exact) mass is 560 g/mol. The van der Waals surface area contributed by atoms with Crippen LogP contribution in [0.1, 0.15) is 40.1 Å². The van der Waals surface area contributed by atoms with Crippen LogP contribution in [0.2, 0.25) is 0 Å². The summed E-state index contributed by atoms with van der Waals surface area (Å²) in [4.78, 5) is 19.4. The highest BCUT2D eigenvalue weighted by Gasteiger charge is 2.24. The summed E-state index contributed by atoms with van der Waals surface area (Å²) in [6.45, 7) is 5.22. The van der Waals surface area contributed by atoms with Crippen molar-refractivity contribution < 1.29 is 23.1 Å². The number of thiophene rings is 1. The number of aryl methyl sites for hydroxylation is 2. The number of benzene rings is 3. The summed E-state index contributed by atoms with van der Waals surface area (Å²) in [6.07, 6.45) is -0.337. The molecule has 0 saturated heterocycles. The summed E-state index contributed by atoms with van der Waals surface area (Å²) in [5, 5.41) is 10.7. The van der Waals surface area contributed by atoms with Crippen LogP contribution in [0, 0.1) is 13.8 Å². The van der Waals surface area contributed by atoms with Crippen molar-refractivity contribution in [3.05, 3.63) is 95.1 Å². The molecule has 0 bridgehead atoms. The van der Waals surface area contributed by atoms with Crippen molar-refractivity contribution in [3.63, 3.8) is 0 Å². The number of fused-ring (bicyclic) bond motifs is 2. The number of hydrogen-bond acceptors (Lipinski definition) is 7. The molecule has 0 spiro atoms. The third-order valence-corrected chi connectivity index (χ3v) is 9.14. The standard InChI is InChI=1S/C30H28N2O5S2/c1-18-13-14-25(37-20(3)21-9-5-4-6-10-21)27-23(30(34)32-39(35,36)16-15-33)17-24(31-28(18)27)29-19(2)22-11-7-8-12-26(22)38-29/h4-14,17,20,33H,15-16H2,1-3H3,(H,32,34). The van der Waals surface area contributed by atoms with E-state index >= 15 is 0 Å². The molecule has 0 radical (unpaired) electrons. The lowest BCUT2D eigenvalue weighted by atomic mass is 10.0. The number of rotatable bonds is 8. The van der Waals surface area contributed by atoms with Gasteiger partial charge in [-0.05, 0) is 61.0 Å². The third-order valence-electron chi connectivity index (χ3n) is 6.63. The molecule has 0 aliphatic rings. The Morgan fingerprint density at radius 1 is 1.05 bits per heavy atom. The maximum atomic E-state index is 13.6. The molecule has 9 heteroatoms. The van der Waals surface area contributed by atoms with Crippen LogP contribution < -0.4 is 9.46 Å². The Morgan fingerprint density at radius 2 is 1.77 bits per heavy atom. The molecule has 1 unspecified atom stereocenters. The molecule has 2 heterocycles. The van der Waals surface area contributed by atoms with E-state index in [-0.39, 0.29) is 11.7 Å². The van der Waals surface area contributed by atoms with Crippen LogP contribution in [0.4, 0.5) is 0 Å². The molecule has 2 aromatic heterocycles. The van der Waals surface area contributed by atoms with Gasteiger partial charge in [0.2, 0.25) is 10.0 Å². The highest BCUT2D eigenvalue weighted by molar-refractivity contribution is 7.90. The average Bonchev–Trinajstić information content (AvgIpc) is 3.26. The molecule has 2 N–H and O–H groups in total. The van der Waals surface area contributed by atoms with Gasteiger partial charge >= 0.3 is 0 Å². The lowest BCUT2D eigenvalue weighted by molar-refractivity contribution is 0.0982. The Hall–Kier alpha value is -3.79. The van der Waals surface area contributed by atoms with E-state index in [1.165, 1.54) is 0 Å². The zero-order valence-electron chi connectivity index (χ0n) is 21.8. The van der Waals surface area contributed by atoms with E-state index < -0.39 is 28.3 Å². The Labute approximate surface area is 231 Å². The lowest BCUT2D eigenvalue weighted by Gasteiger charge is -2.19. The van der Waals surface area contributed by atoms with E-state index in [0.29, 0.717) is 22.3 Å². The Balaban J connectivity index is 1.72. The zero-order chi connectivity index (χ0) is 27.7. The Bertz CT molecular complexity index is 1800. The molecule has 5 rings (SSSR count). The van der Waals surface area contributed by atoms with Crippen molar-refractivity contribution in [2.45, 2.75) is 26.9 Å². The largest absolute Gasteiger partial charge is 0.485 e. The van der Waals surface area contributed by atoms with Gasteiger partial charge < -0.3 is 9.84 Å². The van der Waals surface area contributed by atoms with E-state index in [1.54, 1.807) is 23.5 Å². The fourth-order valence-corrected chi connectivity index (χ4v) is 6.51. The molecule has 39 heavy (non-hydrogen) atoms. The van der Waals surface area contributed by atoms with Crippen molar-refractivity contribution in [2.75, 3.05) is 12.4 Å². The number of pyridine rings is 1. The number of carbonyl (C=O) groups is 1. The SMILES string of the molecule is Cc1c(-c2cc(C(=O)NS(=O)(=O)CCO)c3c(OC(C)c4ccccc4)ccc(C)c3n2)sc2ccccc12. The van der Waals surface area contributed by atoms with Crippen LogP contribution in [-0.2, 0) is 10.0 Å². The number of aliphatic hydroxyl groups is 1. The molecular weight excluding hydrogens is 532 g/mol. The van der Waals surface area contributed by atoms with Crippen LogP contribution in [0.15, 0.2) is 72.8 Å². The number of nitrogens with one attached hydrogen (secondary N) is 1. The molecule has 3 aromatic carbocycles. The van der Waals surface area contributed by atoms with Gasteiger partial charge in [0, 0.05) is 4.70 Å². The molecule has 200 valence electrons. The van der Waals surface area contributed by atoms with E-state index in [1.807, 2.05) is 81.4 Å². The highest BCUT2D eigenvalue weighted by atomic mass is 32.2. The number of nitrogens with zero attached hydrogens (tertiary/aromatic N) is 1.